The molecule has 0 aromatic carbocycles. The number of hydrogen-bond acceptors (Lipinski definition) is 6. The second kappa shape index (κ2) is 5.86. The summed E-state index contributed by atoms with van der Waals surface area (Å²) in [6.07, 6.45) is 3.39. The molecule has 0 aliphatic rings. The normalized spacial score (nSPS) is 10.4. The molecule has 3 heterocycles. The molecule has 110 valence electrons. The van der Waals surface area contributed by atoms with Gasteiger partial charge in [-0.25, -0.2) is 9.67 Å². The van der Waals surface area contributed by atoms with Gasteiger partial charge in [-0.2, -0.15) is 5.10 Å². The van der Waals surface area contributed by atoms with Crippen LogP contribution in [0.4, 0.5) is 5.13 Å². The minimum Gasteiger partial charge on any atom is -0.296 e. The number of thiazole rings is 1. The first-order valence-corrected chi connectivity index (χ1v) is 7.23. The van der Waals surface area contributed by atoms with Gasteiger partial charge in [-0.3, -0.25) is 19.9 Å². The molecule has 1 N–H and O–H groups in total. The number of anilines is 1. The van der Waals surface area contributed by atoms with Gasteiger partial charge in [0.15, 0.2) is 5.13 Å². The van der Waals surface area contributed by atoms with E-state index in [-0.39, 0.29) is 11.3 Å². The minimum atomic E-state index is -0.414. The third-order valence-electron chi connectivity index (χ3n) is 2.88. The lowest BCUT2D eigenvalue weighted by molar-refractivity contribution is 0.102. The summed E-state index contributed by atoms with van der Waals surface area (Å²) in [4.78, 5) is 31.7. The topological polar surface area (TPSA) is 89.8 Å². The van der Waals surface area contributed by atoms with Crippen LogP contribution >= 0.6 is 11.3 Å². The molecule has 0 fully saturated rings. The summed E-state index contributed by atoms with van der Waals surface area (Å²) in [7, 11) is 1.49. The summed E-state index contributed by atoms with van der Waals surface area (Å²) in [5.41, 5.74) is 1.49. The largest absolute Gasteiger partial charge is 0.296 e. The summed E-state index contributed by atoms with van der Waals surface area (Å²) >= 11 is 1.31. The molecular weight excluding hydrogens is 302 g/mol. The highest BCUT2D eigenvalue weighted by Gasteiger charge is 2.12. The lowest BCUT2D eigenvalue weighted by Gasteiger charge is -2.02. The fourth-order valence-corrected chi connectivity index (χ4v) is 2.48. The monoisotopic (exact) mass is 313 g/mol. The highest BCUT2D eigenvalue weighted by Crippen LogP contribution is 2.24. The van der Waals surface area contributed by atoms with Crippen LogP contribution in [0.3, 0.4) is 0 Å². The number of hydrogen-bond donors (Lipinski definition) is 1. The molecular formula is C14H11N5O2S. The van der Waals surface area contributed by atoms with Crippen molar-refractivity contribution in [3.63, 3.8) is 0 Å². The Balaban J connectivity index is 1.79. The van der Waals surface area contributed by atoms with Gasteiger partial charge in [-0.15, -0.1) is 11.3 Å². The molecule has 7 nitrogen and oxygen atoms in total. The van der Waals surface area contributed by atoms with E-state index in [4.69, 9.17) is 0 Å². The molecule has 0 bridgehead atoms. The van der Waals surface area contributed by atoms with E-state index in [0.717, 1.165) is 15.9 Å². The summed E-state index contributed by atoms with van der Waals surface area (Å²) in [5.74, 6) is -0.414. The fourth-order valence-electron chi connectivity index (χ4n) is 1.76. The van der Waals surface area contributed by atoms with E-state index in [2.05, 4.69) is 20.4 Å². The second-order valence-corrected chi connectivity index (χ2v) is 5.27. The molecule has 8 heteroatoms. The van der Waals surface area contributed by atoms with Crippen molar-refractivity contribution in [1.29, 1.82) is 0 Å². The maximum atomic E-state index is 12.1. The summed E-state index contributed by atoms with van der Waals surface area (Å²) in [6.45, 7) is 0. The van der Waals surface area contributed by atoms with Crippen molar-refractivity contribution in [2.45, 2.75) is 0 Å². The summed E-state index contributed by atoms with van der Waals surface area (Å²) < 4.78 is 1.11. The van der Waals surface area contributed by atoms with Crippen molar-refractivity contribution < 1.29 is 4.79 Å². The Morgan fingerprint density at radius 2 is 2.18 bits per heavy atom. The van der Waals surface area contributed by atoms with Crippen LogP contribution in [0.2, 0.25) is 0 Å². The van der Waals surface area contributed by atoms with Crippen molar-refractivity contribution in [1.82, 2.24) is 19.7 Å². The van der Waals surface area contributed by atoms with Gasteiger partial charge in [0, 0.05) is 36.5 Å². The van der Waals surface area contributed by atoms with Crippen molar-refractivity contribution >= 4 is 22.4 Å². The Kier molecular flexibility index (Phi) is 3.75. The van der Waals surface area contributed by atoms with Crippen LogP contribution in [-0.4, -0.2) is 25.7 Å². The van der Waals surface area contributed by atoms with E-state index in [1.165, 1.54) is 30.5 Å². The van der Waals surface area contributed by atoms with E-state index in [0.29, 0.717) is 5.13 Å². The Morgan fingerprint density at radius 1 is 1.32 bits per heavy atom. The Labute approximate surface area is 129 Å². The van der Waals surface area contributed by atoms with E-state index < -0.39 is 5.91 Å². The molecule has 3 aromatic rings. The van der Waals surface area contributed by atoms with Crippen molar-refractivity contribution in [2.75, 3.05) is 5.32 Å². The Hall–Kier alpha value is -2.87. The smallest absolute Gasteiger partial charge is 0.277 e. The van der Waals surface area contributed by atoms with Crippen molar-refractivity contribution in [2.24, 2.45) is 7.05 Å². The van der Waals surface area contributed by atoms with Crippen LogP contribution < -0.4 is 10.9 Å². The maximum Gasteiger partial charge on any atom is 0.277 e. The van der Waals surface area contributed by atoms with E-state index in [1.54, 1.807) is 12.4 Å². The molecule has 0 aliphatic carbocycles. The number of nitrogens with one attached hydrogen (secondary N) is 1. The molecule has 0 atom stereocenters. The molecule has 0 unspecified atom stereocenters. The summed E-state index contributed by atoms with van der Waals surface area (Å²) in [5, 5.41) is 8.85. The molecule has 0 radical (unpaired) electrons. The van der Waals surface area contributed by atoms with Crippen LogP contribution in [0.5, 0.6) is 0 Å². The van der Waals surface area contributed by atoms with Crippen molar-refractivity contribution in [3.05, 3.63) is 58.1 Å². The molecule has 0 spiro atoms. The standard InChI is InChI=1S/C14H11N5O2S/c1-19-12(20)5-4-10(18-19)13(21)17-14-16-11(8-22-14)9-3-2-6-15-7-9/h2-8H,1H3,(H,16,17,21). The molecule has 0 aliphatic heterocycles. The number of rotatable bonds is 3. The van der Waals surface area contributed by atoms with Gasteiger partial charge in [0.05, 0.1) is 5.69 Å². The zero-order valence-corrected chi connectivity index (χ0v) is 12.4. The van der Waals surface area contributed by atoms with Gasteiger partial charge < -0.3 is 0 Å². The average Bonchev–Trinajstić information content (AvgIpc) is 2.99. The molecule has 22 heavy (non-hydrogen) atoms. The minimum absolute atomic E-state index is 0.153. The van der Waals surface area contributed by atoms with E-state index in [9.17, 15) is 9.59 Å². The van der Waals surface area contributed by atoms with Gasteiger partial charge in [0.25, 0.3) is 11.5 Å². The number of aromatic nitrogens is 4. The number of pyridine rings is 1. The predicted molar refractivity (Wildman–Crippen MR) is 82.8 cm³/mol. The Morgan fingerprint density at radius 3 is 2.91 bits per heavy atom. The SMILES string of the molecule is Cn1nc(C(=O)Nc2nc(-c3cccnc3)cs2)ccc1=O. The van der Waals surface area contributed by atoms with E-state index in [1.807, 2.05) is 17.5 Å². The number of carbonyl (C=O) groups is 1. The van der Waals surface area contributed by atoms with E-state index >= 15 is 0 Å². The third kappa shape index (κ3) is 2.91. The predicted octanol–water partition coefficient (Wildman–Crippen LogP) is 1.55. The number of carbonyl (C=O) groups excluding carboxylic acids is 1. The molecule has 1 amide bonds. The van der Waals surface area contributed by atoms with Gasteiger partial charge >= 0.3 is 0 Å². The lowest BCUT2D eigenvalue weighted by atomic mass is 10.2. The third-order valence-corrected chi connectivity index (χ3v) is 3.63. The second-order valence-electron chi connectivity index (χ2n) is 4.41. The van der Waals surface area contributed by atoms with Crippen LogP contribution in [-0.2, 0) is 7.05 Å². The number of amides is 1. The first-order valence-electron chi connectivity index (χ1n) is 6.35. The van der Waals surface area contributed by atoms with Crippen LogP contribution in [0.1, 0.15) is 10.5 Å². The number of aryl methyl sites for hydroxylation is 1. The first-order chi connectivity index (χ1) is 10.6. The maximum absolute atomic E-state index is 12.1. The highest BCUT2D eigenvalue weighted by atomic mass is 32.1. The fraction of sp³-hybridized carbons (Fsp3) is 0.0714. The van der Waals surface area contributed by atoms with Crippen LogP contribution in [0, 0.1) is 0 Å². The highest BCUT2D eigenvalue weighted by molar-refractivity contribution is 7.14. The van der Waals surface area contributed by atoms with Crippen LogP contribution in [0.25, 0.3) is 11.3 Å². The van der Waals surface area contributed by atoms with Crippen molar-refractivity contribution in [3.8, 4) is 11.3 Å². The lowest BCUT2D eigenvalue weighted by Crippen LogP contribution is -2.23. The molecule has 0 saturated carbocycles. The average molecular weight is 313 g/mol. The molecule has 3 aromatic heterocycles. The molecule has 3 rings (SSSR count). The summed E-state index contributed by atoms with van der Waals surface area (Å²) in [6, 6.07) is 6.39. The first kappa shape index (κ1) is 14.1. The zero-order valence-electron chi connectivity index (χ0n) is 11.6. The number of nitrogens with zero attached hydrogens (tertiary/aromatic N) is 4. The zero-order chi connectivity index (χ0) is 15.5. The van der Waals surface area contributed by atoms with Crippen LogP contribution in [0.15, 0.2) is 46.8 Å². The van der Waals surface area contributed by atoms with Gasteiger partial charge in [0.1, 0.15) is 5.69 Å². The molecule has 0 saturated heterocycles. The van der Waals surface area contributed by atoms with Gasteiger partial charge in [-0.05, 0) is 18.2 Å². The quantitative estimate of drug-likeness (QED) is 0.792. The van der Waals surface area contributed by atoms with Gasteiger partial charge in [0.2, 0.25) is 0 Å². The Bertz CT molecular complexity index is 872. The van der Waals surface area contributed by atoms with Gasteiger partial charge in [-0.1, -0.05) is 0 Å².